The van der Waals surface area contributed by atoms with Crippen LogP contribution in [-0.2, 0) is 0 Å². The molecule has 0 spiro atoms. The molecular formula is C21H21N3OS+2. The molecule has 5 heteroatoms. The largest absolute Gasteiger partial charge is 0.502 e. The number of H-pyrrole nitrogens is 2. The third-order valence-corrected chi connectivity index (χ3v) is 5.52. The number of aromatic nitrogens is 2. The van der Waals surface area contributed by atoms with Crippen LogP contribution in [-0.4, -0.2) is 5.11 Å². The smallest absolute Gasteiger partial charge is 0.273 e. The average molecular weight is 363 g/mol. The predicted octanol–water partition coefficient (Wildman–Crippen LogP) is 4.05. The molecule has 1 atom stereocenters. The first kappa shape index (κ1) is 16.5. The summed E-state index contributed by atoms with van der Waals surface area (Å²) in [6.07, 6.45) is 3.75. The van der Waals surface area contributed by atoms with E-state index in [1.807, 2.05) is 42.7 Å². The Morgan fingerprint density at radius 2 is 1.88 bits per heavy atom. The molecular weight excluding hydrogens is 342 g/mol. The van der Waals surface area contributed by atoms with Crippen molar-refractivity contribution in [3.63, 3.8) is 0 Å². The molecule has 3 aromatic heterocycles. The maximum absolute atomic E-state index is 10.9. The Morgan fingerprint density at radius 1 is 1.00 bits per heavy atom. The molecule has 0 amide bonds. The molecule has 1 unspecified atom stereocenters. The van der Waals surface area contributed by atoms with Crippen LogP contribution in [0.2, 0.25) is 0 Å². The number of aromatic amines is 2. The molecule has 0 saturated heterocycles. The standard InChI is InChI=1S/C21H19N3OS/c1-13-9-11-22-18(12-13)24-20(17-8-5-14(2)26-17)16-7-6-15-4-3-10-23-19(15)21(16)25/h3-12,20,25H,1-2H3,(H,22,24)/p+2. The quantitative estimate of drug-likeness (QED) is 0.574. The molecule has 0 fully saturated rings. The van der Waals surface area contributed by atoms with Gasteiger partial charge in [-0.25, -0.2) is 9.97 Å². The van der Waals surface area contributed by atoms with E-state index < -0.39 is 0 Å². The normalized spacial score (nSPS) is 12.2. The maximum atomic E-state index is 10.9. The molecule has 4 aromatic rings. The van der Waals surface area contributed by atoms with Gasteiger partial charge in [0, 0.05) is 17.0 Å². The van der Waals surface area contributed by atoms with Gasteiger partial charge >= 0.3 is 0 Å². The average Bonchev–Trinajstić information content (AvgIpc) is 3.07. The number of phenolic OH excluding ortho intramolecular Hbond substituents is 1. The molecule has 3 heterocycles. The van der Waals surface area contributed by atoms with Gasteiger partial charge in [0.05, 0.1) is 22.0 Å². The molecule has 0 radical (unpaired) electrons. The molecule has 4 nitrogen and oxygen atoms in total. The van der Waals surface area contributed by atoms with Crippen LogP contribution in [0.25, 0.3) is 10.9 Å². The number of aryl methyl sites for hydroxylation is 2. The van der Waals surface area contributed by atoms with Gasteiger partial charge < -0.3 is 5.11 Å². The summed E-state index contributed by atoms with van der Waals surface area (Å²) >= 11 is 1.73. The van der Waals surface area contributed by atoms with Crippen LogP contribution in [0.4, 0.5) is 5.82 Å². The first-order chi connectivity index (χ1) is 12.6. The number of rotatable bonds is 4. The molecule has 130 valence electrons. The van der Waals surface area contributed by atoms with Gasteiger partial charge in [0.2, 0.25) is 0 Å². The molecule has 1 aromatic carbocycles. The van der Waals surface area contributed by atoms with Gasteiger partial charge in [-0.3, -0.25) is 5.32 Å². The number of phenols is 1. The summed E-state index contributed by atoms with van der Waals surface area (Å²) < 4.78 is 0. The van der Waals surface area contributed by atoms with Crippen LogP contribution in [0.1, 0.15) is 26.9 Å². The SMILES string of the molecule is Cc1cc[nH+]c(NC(c2ccc(C)s2)c2ccc3ccc[nH+]c3c2O)c1. The lowest BCUT2D eigenvalue weighted by Crippen LogP contribution is -2.19. The second-order valence-corrected chi connectivity index (χ2v) is 7.76. The highest BCUT2D eigenvalue weighted by atomic mass is 32.1. The Balaban J connectivity index is 1.84. The highest BCUT2D eigenvalue weighted by Crippen LogP contribution is 2.37. The van der Waals surface area contributed by atoms with E-state index in [0.717, 1.165) is 27.2 Å². The van der Waals surface area contributed by atoms with Crippen molar-refractivity contribution >= 4 is 28.1 Å². The van der Waals surface area contributed by atoms with Crippen LogP contribution >= 0.6 is 11.3 Å². The molecule has 4 N–H and O–H groups in total. The molecule has 26 heavy (non-hydrogen) atoms. The van der Waals surface area contributed by atoms with Crippen molar-refractivity contribution in [2.24, 2.45) is 0 Å². The summed E-state index contributed by atoms with van der Waals surface area (Å²) in [6, 6.07) is 16.1. The van der Waals surface area contributed by atoms with Crippen molar-refractivity contribution in [3.8, 4) is 5.75 Å². The number of anilines is 1. The summed E-state index contributed by atoms with van der Waals surface area (Å²) in [4.78, 5) is 8.81. The van der Waals surface area contributed by atoms with Gasteiger partial charge in [0.15, 0.2) is 18.0 Å². The molecule has 0 aliphatic heterocycles. The minimum atomic E-state index is -0.148. The van der Waals surface area contributed by atoms with E-state index >= 15 is 0 Å². The number of thiophene rings is 1. The lowest BCUT2D eigenvalue weighted by atomic mass is 10.0. The molecule has 0 bridgehead atoms. The fraction of sp³-hybridized carbons (Fsp3) is 0.143. The van der Waals surface area contributed by atoms with Gasteiger partial charge in [-0.05, 0) is 55.8 Å². The minimum Gasteiger partial charge on any atom is -0.502 e. The summed E-state index contributed by atoms with van der Waals surface area (Å²) in [5, 5.41) is 15.5. The first-order valence-corrected chi connectivity index (χ1v) is 9.37. The lowest BCUT2D eigenvalue weighted by Gasteiger charge is -2.15. The number of nitrogens with one attached hydrogen (secondary N) is 3. The van der Waals surface area contributed by atoms with Crippen molar-refractivity contribution in [2.75, 3.05) is 5.32 Å². The monoisotopic (exact) mass is 363 g/mol. The molecule has 0 saturated carbocycles. The summed E-state index contributed by atoms with van der Waals surface area (Å²) in [7, 11) is 0. The van der Waals surface area contributed by atoms with Crippen molar-refractivity contribution in [3.05, 3.63) is 81.8 Å². The van der Waals surface area contributed by atoms with E-state index in [1.165, 1.54) is 10.4 Å². The van der Waals surface area contributed by atoms with E-state index in [4.69, 9.17) is 0 Å². The predicted molar refractivity (Wildman–Crippen MR) is 104 cm³/mol. The Bertz CT molecular complexity index is 1070. The highest BCUT2D eigenvalue weighted by molar-refractivity contribution is 7.12. The zero-order valence-electron chi connectivity index (χ0n) is 14.7. The van der Waals surface area contributed by atoms with E-state index in [0.29, 0.717) is 0 Å². The van der Waals surface area contributed by atoms with E-state index in [1.54, 1.807) is 11.3 Å². The zero-order valence-corrected chi connectivity index (χ0v) is 15.5. The first-order valence-electron chi connectivity index (χ1n) is 8.55. The Kier molecular flexibility index (Phi) is 4.31. The van der Waals surface area contributed by atoms with Crippen LogP contribution in [0.15, 0.2) is 60.9 Å². The summed E-state index contributed by atoms with van der Waals surface area (Å²) in [5.74, 6) is 1.19. The number of aromatic hydroxyl groups is 1. The van der Waals surface area contributed by atoms with Gasteiger partial charge in [0.25, 0.3) is 11.3 Å². The number of fused-ring (bicyclic) bond motifs is 1. The van der Waals surface area contributed by atoms with Crippen LogP contribution in [0.3, 0.4) is 0 Å². The van der Waals surface area contributed by atoms with Crippen LogP contribution in [0.5, 0.6) is 5.75 Å². The van der Waals surface area contributed by atoms with E-state index in [-0.39, 0.29) is 11.8 Å². The van der Waals surface area contributed by atoms with Gasteiger partial charge in [0.1, 0.15) is 0 Å². The van der Waals surface area contributed by atoms with Gasteiger partial charge in [-0.2, -0.15) is 0 Å². The third-order valence-electron chi connectivity index (χ3n) is 4.45. The Morgan fingerprint density at radius 3 is 2.65 bits per heavy atom. The summed E-state index contributed by atoms with van der Waals surface area (Å²) in [5.41, 5.74) is 2.76. The Hall–Kier alpha value is -2.92. The van der Waals surface area contributed by atoms with Crippen LogP contribution < -0.4 is 15.3 Å². The highest BCUT2D eigenvalue weighted by Gasteiger charge is 2.26. The van der Waals surface area contributed by atoms with E-state index in [2.05, 4.69) is 47.3 Å². The number of pyridine rings is 2. The number of hydrogen-bond donors (Lipinski definition) is 2. The second kappa shape index (κ2) is 6.77. The summed E-state index contributed by atoms with van der Waals surface area (Å²) in [6.45, 7) is 4.16. The fourth-order valence-corrected chi connectivity index (χ4v) is 4.11. The third kappa shape index (κ3) is 3.13. The van der Waals surface area contributed by atoms with Crippen molar-refractivity contribution in [2.45, 2.75) is 19.9 Å². The second-order valence-electron chi connectivity index (χ2n) is 6.44. The van der Waals surface area contributed by atoms with Gasteiger partial charge in [-0.15, -0.1) is 11.3 Å². The van der Waals surface area contributed by atoms with Gasteiger partial charge in [-0.1, -0.05) is 0 Å². The molecule has 4 rings (SSSR count). The zero-order chi connectivity index (χ0) is 18.1. The molecule has 0 aliphatic rings. The van der Waals surface area contributed by atoms with E-state index in [9.17, 15) is 5.11 Å². The molecule has 0 aliphatic carbocycles. The Labute approximate surface area is 156 Å². The minimum absolute atomic E-state index is 0.148. The maximum Gasteiger partial charge on any atom is 0.273 e. The van der Waals surface area contributed by atoms with Crippen molar-refractivity contribution < 1.29 is 15.1 Å². The number of hydrogen-bond acceptors (Lipinski definition) is 3. The van der Waals surface area contributed by atoms with Crippen molar-refractivity contribution in [1.29, 1.82) is 0 Å². The topological polar surface area (TPSA) is 60.5 Å². The lowest BCUT2D eigenvalue weighted by molar-refractivity contribution is -0.361. The van der Waals surface area contributed by atoms with Crippen LogP contribution in [0, 0.1) is 13.8 Å². The fourth-order valence-electron chi connectivity index (χ4n) is 3.16. The van der Waals surface area contributed by atoms with Crippen molar-refractivity contribution in [1.82, 2.24) is 0 Å². The number of benzene rings is 1.